The monoisotopic (exact) mass is 217 g/mol. The van der Waals surface area contributed by atoms with Gasteiger partial charge < -0.3 is 5.11 Å². The smallest absolute Gasteiger partial charge is 0.352 e. The van der Waals surface area contributed by atoms with Gasteiger partial charge in [-0.05, 0) is 12.1 Å². The van der Waals surface area contributed by atoms with E-state index in [1.807, 2.05) is 0 Å². The summed E-state index contributed by atoms with van der Waals surface area (Å²) in [6.07, 6.45) is 0. The van der Waals surface area contributed by atoms with Gasteiger partial charge in [0.15, 0.2) is 0 Å². The highest BCUT2D eigenvalue weighted by atomic mass is 16.4. The van der Waals surface area contributed by atoms with Crippen LogP contribution in [0.15, 0.2) is 36.5 Å². The Morgan fingerprint density at radius 3 is 1.94 bits per heavy atom. The first-order chi connectivity index (χ1) is 7.54. The first-order valence-electron chi connectivity index (χ1n) is 4.44. The lowest BCUT2D eigenvalue weighted by atomic mass is 10.1. The summed E-state index contributed by atoms with van der Waals surface area (Å²) in [5, 5.41) is 8.71. The lowest BCUT2D eigenvalue weighted by Gasteiger charge is -2.12. The average Bonchev–Trinajstić information content (AvgIpc) is 2.52. The fourth-order valence-electron chi connectivity index (χ4n) is 1.53. The van der Waals surface area contributed by atoms with Crippen molar-refractivity contribution >= 4 is 17.8 Å². The van der Waals surface area contributed by atoms with E-state index in [9.17, 15) is 14.4 Å². The van der Waals surface area contributed by atoms with Crippen LogP contribution < -0.4 is 0 Å². The summed E-state index contributed by atoms with van der Waals surface area (Å²) >= 11 is 0. The first kappa shape index (κ1) is 10.1. The lowest BCUT2D eigenvalue weighted by molar-refractivity contribution is -0.133. The highest BCUT2D eigenvalue weighted by Gasteiger charge is 2.38. The molecule has 2 rings (SSSR count). The zero-order valence-electron chi connectivity index (χ0n) is 8.14. The Hall–Kier alpha value is -2.43. The average molecular weight is 217 g/mol. The molecule has 0 radical (unpaired) electrons. The molecular weight excluding hydrogens is 210 g/mol. The van der Waals surface area contributed by atoms with Crippen LogP contribution in [0.2, 0.25) is 0 Å². The van der Waals surface area contributed by atoms with E-state index < -0.39 is 23.5 Å². The third-order valence-electron chi connectivity index (χ3n) is 2.31. The standard InChI is InChI=1S/C11H7NO4/c1-6(11(15)16)12-9(13)7-4-2-3-5-8(7)10(12)14/h2-5H,1H2,(H,15,16). The van der Waals surface area contributed by atoms with Gasteiger partial charge in [0.25, 0.3) is 11.8 Å². The van der Waals surface area contributed by atoms with E-state index in [0.717, 1.165) is 0 Å². The van der Waals surface area contributed by atoms with E-state index in [-0.39, 0.29) is 11.1 Å². The van der Waals surface area contributed by atoms with Crippen molar-refractivity contribution in [1.82, 2.24) is 4.90 Å². The molecule has 0 unspecified atom stereocenters. The number of carboxylic acids is 1. The van der Waals surface area contributed by atoms with Crippen LogP contribution in [0.5, 0.6) is 0 Å². The molecule has 1 aromatic carbocycles. The number of amides is 2. The number of nitrogens with zero attached hydrogens (tertiary/aromatic N) is 1. The molecule has 1 N–H and O–H groups in total. The highest BCUT2D eigenvalue weighted by Crippen LogP contribution is 2.25. The summed E-state index contributed by atoms with van der Waals surface area (Å²) in [5.41, 5.74) is -0.129. The van der Waals surface area contributed by atoms with Crippen molar-refractivity contribution in [2.45, 2.75) is 0 Å². The molecule has 0 aromatic heterocycles. The lowest BCUT2D eigenvalue weighted by Crippen LogP contribution is -2.32. The van der Waals surface area contributed by atoms with Crippen molar-refractivity contribution in [3.8, 4) is 0 Å². The fourth-order valence-corrected chi connectivity index (χ4v) is 1.53. The minimum atomic E-state index is -1.39. The van der Waals surface area contributed by atoms with Crippen LogP contribution in [-0.2, 0) is 4.79 Å². The van der Waals surface area contributed by atoms with E-state index in [0.29, 0.717) is 4.90 Å². The van der Waals surface area contributed by atoms with Crippen molar-refractivity contribution in [2.75, 3.05) is 0 Å². The number of carbonyl (C=O) groups excluding carboxylic acids is 2. The molecule has 1 aliphatic heterocycles. The fraction of sp³-hybridized carbons (Fsp3) is 0. The summed E-state index contributed by atoms with van der Waals surface area (Å²) in [7, 11) is 0. The van der Waals surface area contributed by atoms with Gasteiger partial charge in [-0.15, -0.1) is 0 Å². The molecule has 0 atom stereocenters. The number of aliphatic carboxylic acids is 1. The van der Waals surface area contributed by atoms with E-state index in [1.165, 1.54) is 12.1 Å². The molecule has 1 heterocycles. The maximum Gasteiger partial charge on any atom is 0.352 e. The third-order valence-corrected chi connectivity index (χ3v) is 2.31. The van der Waals surface area contributed by atoms with Crippen molar-refractivity contribution in [3.63, 3.8) is 0 Å². The van der Waals surface area contributed by atoms with E-state index in [2.05, 4.69) is 6.58 Å². The van der Waals surface area contributed by atoms with Crippen LogP contribution in [0.25, 0.3) is 0 Å². The molecular formula is C11H7NO4. The number of hydrogen-bond acceptors (Lipinski definition) is 3. The van der Waals surface area contributed by atoms with Crippen molar-refractivity contribution in [2.24, 2.45) is 0 Å². The highest BCUT2D eigenvalue weighted by molar-refractivity contribution is 6.24. The second-order valence-electron chi connectivity index (χ2n) is 3.24. The SMILES string of the molecule is C=C(C(=O)O)N1C(=O)c2ccccc2C1=O. The number of carbonyl (C=O) groups is 3. The van der Waals surface area contributed by atoms with Gasteiger partial charge in [-0.3, -0.25) is 9.59 Å². The van der Waals surface area contributed by atoms with Gasteiger partial charge in [0, 0.05) is 0 Å². The molecule has 0 bridgehead atoms. The Balaban J connectivity index is 2.51. The zero-order valence-corrected chi connectivity index (χ0v) is 8.14. The van der Waals surface area contributed by atoms with Crippen LogP contribution in [0.4, 0.5) is 0 Å². The van der Waals surface area contributed by atoms with E-state index in [4.69, 9.17) is 5.11 Å². The zero-order chi connectivity index (χ0) is 11.9. The van der Waals surface area contributed by atoms with Gasteiger partial charge in [-0.25, -0.2) is 9.69 Å². The third kappa shape index (κ3) is 1.22. The largest absolute Gasteiger partial charge is 0.477 e. The second-order valence-corrected chi connectivity index (χ2v) is 3.24. The van der Waals surface area contributed by atoms with Crippen molar-refractivity contribution in [1.29, 1.82) is 0 Å². The predicted molar refractivity (Wildman–Crippen MR) is 53.7 cm³/mol. The molecule has 0 saturated carbocycles. The van der Waals surface area contributed by atoms with Gasteiger partial charge in [-0.2, -0.15) is 0 Å². The number of carboxylic acid groups (broad SMARTS) is 1. The molecule has 80 valence electrons. The van der Waals surface area contributed by atoms with E-state index in [1.54, 1.807) is 12.1 Å². The quantitative estimate of drug-likeness (QED) is 0.589. The molecule has 0 aliphatic carbocycles. The number of imide groups is 1. The Bertz CT molecular complexity index is 498. The number of benzene rings is 1. The molecule has 2 amide bonds. The second kappa shape index (κ2) is 3.30. The van der Waals surface area contributed by atoms with Crippen LogP contribution in [-0.4, -0.2) is 27.8 Å². The molecule has 0 spiro atoms. The number of hydrogen-bond donors (Lipinski definition) is 1. The normalized spacial score (nSPS) is 13.9. The van der Waals surface area contributed by atoms with Crippen LogP contribution >= 0.6 is 0 Å². The first-order valence-corrected chi connectivity index (χ1v) is 4.44. The molecule has 5 nitrogen and oxygen atoms in total. The molecule has 0 fully saturated rings. The van der Waals surface area contributed by atoms with Gasteiger partial charge in [-0.1, -0.05) is 18.7 Å². The Kier molecular flexibility index (Phi) is 2.09. The topological polar surface area (TPSA) is 74.7 Å². The molecule has 1 aliphatic rings. The summed E-state index contributed by atoms with van der Waals surface area (Å²) < 4.78 is 0. The summed E-state index contributed by atoms with van der Waals surface area (Å²) in [6, 6.07) is 6.17. The summed E-state index contributed by atoms with van der Waals surface area (Å²) in [5.74, 6) is -2.68. The van der Waals surface area contributed by atoms with Gasteiger partial charge in [0.1, 0.15) is 5.70 Å². The van der Waals surface area contributed by atoms with Crippen molar-refractivity contribution in [3.05, 3.63) is 47.7 Å². The van der Waals surface area contributed by atoms with Gasteiger partial charge in [0.05, 0.1) is 11.1 Å². The molecule has 5 heteroatoms. The summed E-state index contributed by atoms with van der Waals surface area (Å²) in [6.45, 7) is 3.20. The van der Waals surface area contributed by atoms with Crippen molar-refractivity contribution < 1.29 is 19.5 Å². The number of fused-ring (bicyclic) bond motifs is 1. The Morgan fingerprint density at radius 1 is 1.12 bits per heavy atom. The number of rotatable bonds is 2. The van der Waals surface area contributed by atoms with Crippen LogP contribution in [0.3, 0.4) is 0 Å². The van der Waals surface area contributed by atoms with Crippen LogP contribution in [0.1, 0.15) is 20.7 Å². The summed E-state index contributed by atoms with van der Waals surface area (Å²) in [4.78, 5) is 34.7. The van der Waals surface area contributed by atoms with E-state index >= 15 is 0 Å². The predicted octanol–water partition coefficient (Wildman–Crippen LogP) is 0.881. The minimum Gasteiger partial charge on any atom is -0.477 e. The maximum absolute atomic E-state index is 11.7. The Labute approximate surface area is 90.6 Å². The van der Waals surface area contributed by atoms with Gasteiger partial charge in [0.2, 0.25) is 0 Å². The van der Waals surface area contributed by atoms with Gasteiger partial charge >= 0.3 is 5.97 Å². The molecule has 1 aromatic rings. The minimum absolute atomic E-state index is 0.204. The molecule has 16 heavy (non-hydrogen) atoms. The molecule has 0 saturated heterocycles. The maximum atomic E-state index is 11.7. The van der Waals surface area contributed by atoms with Crippen LogP contribution in [0, 0.1) is 0 Å². The Morgan fingerprint density at radius 2 is 1.56 bits per heavy atom.